The Morgan fingerprint density at radius 3 is 2.44 bits per heavy atom. The summed E-state index contributed by atoms with van der Waals surface area (Å²) >= 11 is 0. The minimum absolute atomic E-state index is 0.00125. The topological polar surface area (TPSA) is 59.6 Å². The highest BCUT2D eigenvalue weighted by atomic mass is 16.5. The molecule has 0 radical (unpaired) electrons. The van der Waals surface area contributed by atoms with E-state index in [0.717, 1.165) is 23.3 Å². The summed E-state index contributed by atoms with van der Waals surface area (Å²) in [7, 11) is 3.24. The third kappa shape index (κ3) is 5.80. The van der Waals surface area contributed by atoms with Crippen molar-refractivity contribution in [2.24, 2.45) is 0 Å². The van der Waals surface area contributed by atoms with E-state index in [4.69, 9.17) is 9.47 Å². The molecule has 0 fully saturated rings. The van der Waals surface area contributed by atoms with Crippen LogP contribution < -0.4 is 20.1 Å². The van der Waals surface area contributed by atoms with Gasteiger partial charge in [0.2, 0.25) is 5.91 Å². The van der Waals surface area contributed by atoms with Gasteiger partial charge in [-0.3, -0.25) is 4.79 Å². The number of hydrogen-bond donors (Lipinski definition) is 2. The second kappa shape index (κ2) is 9.69. The molecular weight excluding hydrogens is 316 g/mol. The molecule has 0 aromatic heterocycles. The molecule has 2 aromatic carbocycles. The molecule has 2 aromatic rings. The number of benzene rings is 2. The Hall–Kier alpha value is -2.53. The fourth-order valence-corrected chi connectivity index (χ4v) is 2.59. The molecule has 1 unspecified atom stereocenters. The van der Waals surface area contributed by atoms with E-state index in [2.05, 4.69) is 10.6 Å². The maximum absolute atomic E-state index is 12.0. The lowest BCUT2D eigenvalue weighted by Gasteiger charge is -2.14. The SMILES string of the molecule is COc1ccc(CCNCC(=O)NC(C)c2ccccc2)cc1OC. The molecule has 5 nitrogen and oxygen atoms in total. The van der Waals surface area contributed by atoms with Crippen LogP contribution in [-0.2, 0) is 11.2 Å². The Kier molecular flexibility index (Phi) is 7.29. The highest BCUT2D eigenvalue weighted by Gasteiger charge is 2.09. The van der Waals surface area contributed by atoms with Crippen LogP contribution in [0.3, 0.4) is 0 Å². The predicted molar refractivity (Wildman–Crippen MR) is 99.1 cm³/mol. The van der Waals surface area contributed by atoms with Crippen molar-refractivity contribution >= 4 is 5.91 Å². The maximum Gasteiger partial charge on any atom is 0.234 e. The quantitative estimate of drug-likeness (QED) is 0.688. The number of nitrogens with one attached hydrogen (secondary N) is 2. The summed E-state index contributed by atoms with van der Waals surface area (Å²) in [5.74, 6) is 1.42. The van der Waals surface area contributed by atoms with Crippen LogP contribution in [0.4, 0.5) is 0 Å². The molecule has 0 saturated heterocycles. The lowest BCUT2D eigenvalue weighted by molar-refractivity contribution is -0.120. The molecule has 0 aliphatic heterocycles. The van der Waals surface area contributed by atoms with Crippen molar-refractivity contribution < 1.29 is 14.3 Å². The van der Waals surface area contributed by atoms with E-state index in [1.54, 1.807) is 14.2 Å². The van der Waals surface area contributed by atoms with Crippen molar-refractivity contribution in [3.63, 3.8) is 0 Å². The first-order chi connectivity index (χ1) is 12.1. The molecule has 0 heterocycles. The number of hydrogen-bond acceptors (Lipinski definition) is 4. The standard InChI is InChI=1S/C20H26N2O3/c1-15(17-7-5-4-6-8-17)22-20(23)14-21-12-11-16-9-10-18(24-2)19(13-16)25-3/h4-10,13,15,21H,11-12,14H2,1-3H3,(H,22,23). The minimum atomic E-state index is -0.0105. The van der Waals surface area contributed by atoms with Crippen LogP contribution in [0.5, 0.6) is 11.5 Å². The summed E-state index contributed by atoms with van der Waals surface area (Å²) in [4.78, 5) is 12.0. The second-order valence-corrected chi connectivity index (χ2v) is 5.82. The van der Waals surface area contributed by atoms with Crippen molar-refractivity contribution in [2.75, 3.05) is 27.3 Å². The van der Waals surface area contributed by atoms with E-state index in [-0.39, 0.29) is 11.9 Å². The molecule has 5 heteroatoms. The van der Waals surface area contributed by atoms with Crippen LogP contribution in [0.2, 0.25) is 0 Å². The third-order valence-electron chi connectivity index (χ3n) is 4.00. The van der Waals surface area contributed by atoms with Gasteiger partial charge in [-0.05, 0) is 43.1 Å². The van der Waals surface area contributed by atoms with Crippen molar-refractivity contribution in [1.29, 1.82) is 0 Å². The Morgan fingerprint density at radius 2 is 1.76 bits per heavy atom. The van der Waals surface area contributed by atoms with Crippen LogP contribution >= 0.6 is 0 Å². The molecule has 25 heavy (non-hydrogen) atoms. The predicted octanol–water partition coefficient (Wildman–Crippen LogP) is 2.71. The van der Waals surface area contributed by atoms with E-state index in [0.29, 0.717) is 18.8 Å². The lowest BCUT2D eigenvalue weighted by Crippen LogP contribution is -2.36. The van der Waals surface area contributed by atoms with Crippen LogP contribution in [0.25, 0.3) is 0 Å². The number of methoxy groups -OCH3 is 2. The number of rotatable bonds is 9. The average molecular weight is 342 g/mol. The Bertz CT molecular complexity index is 674. The number of carbonyl (C=O) groups is 1. The number of ether oxygens (including phenoxy) is 2. The molecule has 0 spiro atoms. The average Bonchev–Trinajstić information content (AvgIpc) is 2.65. The van der Waals surface area contributed by atoms with E-state index < -0.39 is 0 Å². The van der Waals surface area contributed by atoms with Crippen LogP contribution in [0, 0.1) is 0 Å². The highest BCUT2D eigenvalue weighted by molar-refractivity contribution is 5.78. The van der Waals surface area contributed by atoms with Gasteiger partial charge in [-0.1, -0.05) is 36.4 Å². The summed E-state index contributed by atoms with van der Waals surface area (Å²) in [6, 6.07) is 15.8. The maximum atomic E-state index is 12.0. The van der Waals surface area contributed by atoms with E-state index >= 15 is 0 Å². The second-order valence-electron chi connectivity index (χ2n) is 5.82. The van der Waals surface area contributed by atoms with Crippen molar-refractivity contribution in [2.45, 2.75) is 19.4 Å². The first-order valence-electron chi connectivity index (χ1n) is 8.40. The normalized spacial score (nSPS) is 11.6. The minimum Gasteiger partial charge on any atom is -0.493 e. The highest BCUT2D eigenvalue weighted by Crippen LogP contribution is 2.27. The summed E-state index contributed by atoms with van der Waals surface area (Å²) < 4.78 is 10.5. The Labute approximate surface area is 149 Å². The summed E-state index contributed by atoms with van der Waals surface area (Å²) in [5, 5.41) is 6.16. The number of amides is 1. The fourth-order valence-electron chi connectivity index (χ4n) is 2.59. The molecule has 0 bridgehead atoms. The molecule has 1 amide bonds. The fraction of sp³-hybridized carbons (Fsp3) is 0.350. The first kappa shape index (κ1) is 18.8. The molecule has 134 valence electrons. The molecule has 1 atom stereocenters. The van der Waals surface area contributed by atoms with E-state index in [1.165, 1.54) is 0 Å². The van der Waals surface area contributed by atoms with Crippen LogP contribution in [0.1, 0.15) is 24.1 Å². The number of carbonyl (C=O) groups excluding carboxylic acids is 1. The largest absolute Gasteiger partial charge is 0.493 e. The van der Waals surface area contributed by atoms with Crippen LogP contribution in [0.15, 0.2) is 48.5 Å². The molecule has 2 rings (SSSR count). The molecule has 0 aliphatic rings. The van der Waals surface area contributed by atoms with Gasteiger partial charge >= 0.3 is 0 Å². The van der Waals surface area contributed by atoms with Gasteiger partial charge in [0.05, 0.1) is 26.8 Å². The van der Waals surface area contributed by atoms with Crippen molar-refractivity contribution in [3.8, 4) is 11.5 Å². The summed E-state index contributed by atoms with van der Waals surface area (Å²) in [6.07, 6.45) is 0.807. The first-order valence-corrected chi connectivity index (χ1v) is 8.40. The van der Waals surface area contributed by atoms with Gasteiger partial charge in [0.1, 0.15) is 0 Å². The summed E-state index contributed by atoms with van der Waals surface area (Å²) in [5.41, 5.74) is 2.23. The van der Waals surface area contributed by atoms with E-state index in [9.17, 15) is 4.79 Å². The smallest absolute Gasteiger partial charge is 0.234 e. The zero-order chi connectivity index (χ0) is 18.1. The van der Waals surface area contributed by atoms with Crippen molar-refractivity contribution in [1.82, 2.24) is 10.6 Å². The Morgan fingerprint density at radius 1 is 1.04 bits per heavy atom. The zero-order valence-corrected chi connectivity index (χ0v) is 15.0. The van der Waals surface area contributed by atoms with E-state index in [1.807, 2.05) is 55.5 Å². The van der Waals surface area contributed by atoms with Gasteiger partial charge in [-0.2, -0.15) is 0 Å². The van der Waals surface area contributed by atoms with Gasteiger partial charge in [-0.15, -0.1) is 0 Å². The monoisotopic (exact) mass is 342 g/mol. The van der Waals surface area contributed by atoms with Gasteiger partial charge in [-0.25, -0.2) is 0 Å². The van der Waals surface area contributed by atoms with Gasteiger partial charge in [0, 0.05) is 0 Å². The molecule has 0 aliphatic carbocycles. The van der Waals surface area contributed by atoms with Gasteiger partial charge in [0.25, 0.3) is 0 Å². The molecular formula is C20H26N2O3. The summed E-state index contributed by atoms with van der Waals surface area (Å²) in [6.45, 7) is 2.99. The van der Waals surface area contributed by atoms with Crippen molar-refractivity contribution in [3.05, 3.63) is 59.7 Å². The van der Waals surface area contributed by atoms with Gasteiger partial charge in [0.15, 0.2) is 11.5 Å². The molecule has 2 N–H and O–H groups in total. The van der Waals surface area contributed by atoms with Gasteiger partial charge < -0.3 is 20.1 Å². The van der Waals surface area contributed by atoms with Crippen LogP contribution in [-0.4, -0.2) is 33.2 Å². The Balaban J connectivity index is 1.73. The third-order valence-corrected chi connectivity index (χ3v) is 4.00. The zero-order valence-electron chi connectivity index (χ0n) is 15.0. The molecule has 0 saturated carbocycles. The lowest BCUT2D eigenvalue weighted by atomic mass is 10.1.